The molecule has 1 saturated carbocycles. The summed E-state index contributed by atoms with van der Waals surface area (Å²) in [5.74, 6) is 0.374. The van der Waals surface area contributed by atoms with Crippen LogP contribution in [0.2, 0.25) is 0 Å². The molecule has 104 valence electrons. The Morgan fingerprint density at radius 1 is 1.32 bits per heavy atom. The molecule has 19 heavy (non-hydrogen) atoms. The fraction of sp³-hybridized carbons (Fsp3) is 0.500. The van der Waals surface area contributed by atoms with Crippen molar-refractivity contribution >= 4 is 15.7 Å². The van der Waals surface area contributed by atoms with E-state index in [0.717, 1.165) is 6.26 Å². The number of benzene rings is 1. The van der Waals surface area contributed by atoms with Gasteiger partial charge in [-0.15, -0.1) is 0 Å². The Hall–Kier alpha value is -1.36. The van der Waals surface area contributed by atoms with Crippen LogP contribution in [0.5, 0.6) is 0 Å². The van der Waals surface area contributed by atoms with E-state index in [1.54, 1.807) is 12.1 Å². The van der Waals surface area contributed by atoms with Crippen molar-refractivity contribution < 1.29 is 13.2 Å². The first-order chi connectivity index (χ1) is 8.97. The largest absolute Gasteiger partial charge is 0.352 e. The molecule has 5 heteroatoms. The Bertz CT molecular complexity index is 560. The standard InChI is InChI=1S/C14H19NO3S/c1-19(17,18)13-8-4-7-12(9-13)14(16)15-10-11-5-2-3-6-11/h4,7-9,11H,2-3,5-6,10H2,1H3,(H,15,16). The molecule has 0 atom stereocenters. The minimum absolute atomic E-state index is 0.181. The van der Waals surface area contributed by atoms with E-state index in [9.17, 15) is 13.2 Å². The van der Waals surface area contributed by atoms with Gasteiger partial charge in [-0.25, -0.2) is 8.42 Å². The maximum absolute atomic E-state index is 12.0. The lowest BCUT2D eigenvalue weighted by molar-refractivity contribution is 0.0947. The van der Waals surface area contributed by atoms with E-state index in [2.05, 4.69) is 5.32 Å². The molecule has 2 rings (SSSR count). The van der Waals surface area contributed by atoms with Crippen molar-refractivity contribution in [3.8, 4) is 0 Å². The molecule has 0 radical (unpaired) electrons. The van der Waals surface area contributed by atoms with Crippen LogP contribution in [0.25, 0.3) is 0 Å². The van der Waals surface area contributed by atoms with Crippen LogP contribution in [0, 0.1) is 5.92 Å². The normalized spacial score (nSPS) is 16.5. The number of carbonyl (C=O) groups excluding carboxylic acids is 1. The zero-order chi connectivity index (χ0) is 13.9. The molecule has 0 aromatic heterocycles. The molecule has 1 amide bonds. The maximum Gasteiger partial charge on any atom is 0.251 e. The average Bonchev–Trinajstić information content (AvgIpc) is 2.88. The van der Waals surface area contributed by atoms with Crippen LogP contribution < -0.4 is 5.32 Å². The molecule has 0 unspecified atom stereocenters. The van der Waals surface area contributed by atoms with Gasteiger partial charge in [0.25, 0.3) is 5.91 Å². The quantitative estimate of drug-likeness (QED) is 0.918. The number of carbonyl (C=O) groups is 1. The summed E-state index contributed by atoms with van der Waals surface area (Å²) in [4.78, 5) is 12.2. The molecule has 1 fully saturated rings. The predicted octanol–water partition coefficient (Wildman–Crippen LogP) is 2.01. The van der Waals surface area contributed by atoms with Gasteiger partial charge in [-0.2, -0.15) is 0 Å². The van der Waals surface area contributed by atoms with E-state index in [4.69, 9.17) is 0 Å². The van der Waals surface area contributed by atoms with Crippen LogP contribution in [0.4, 0.5) is 0 Å². The van der Waals surface area contributed by atoms with Crippen molar-refractivity contribution in [3.63, 3.8) is 0 Å². The van der Waals surface area contributed by atoms with Crippen LogP contribution in [0.3, 0.4) is 0 Å². The Kier molecular flexibility index (Phi) is 4.24. The molecule has 1 aliphatic rings. The third-order valence-electron chi connectivity index (χ3n) is 3.55. The third-order valence-corrected chi connectivity index (χ3v) is 4.66. The Labute approximate surface area is 114 Å². The summed E-state index contributed by atoms with van der Waals surface area (Å²) in [6.07, 6.45) is 5.96. The molecule has 1 aromatic rings. The third kappa shape index (κ3) is 3.80. The van der Waals surface area contributed by atoms with Gasteiger partial charge in [0.05, 0.1) is 4.90 Å². The number of sulfone groups is 1. The van der Waals surface area contributed by atoms with Gasteiger partial charge in [-0.3, -0.25) is 4.79 Å². The fourth-order valence-corrected chi connectivity index (χ4v) is 3.09. The van der Waals surface area contributed by atoms with Gasteiger partial charge in [-0.05, 0) is 37.0 Å². The molecule has 0 spiro atoms. The van der Waals surface area contributed by atoms with Crippen LogP contribution in [-0.4, -0.2) is 27.1 Å². The first kappa shape index (κ1) is 14.1. The van der Waals surface area contributed by atoms with Crippen molar-refractivity contribution in [2.45, 2.75) is 30.6 Å². The molecular weight excluding hydrogens is 262 g/mol. The highest BCUT2D eigenvalue weighted by Crippen LogP contribution is 2.23. The van der Waals surface area contributed by atoms with E-state index < -0.39 is 9.84 Å². The van der Waals surface area contributed by atoms with Gasteiger partial charge in [0.2, 0.25) is 0 Å². The van der Waals surface area contributed by atoms with Crippen LogP contribution >= 0.6 is 0 Å². The SMILES string of the molecule is CS(=O)(=O)c1cccc(C(=O)NCC2CCCC2)c1. The first-order valence-electron chi connectivity index (χ1n) is 6.55. The van der Waals surface area contributed by atoms with Crippen molar-refractivity contribution in [1.82, 2.24) is 5.32 Å². The lowest BCUT2D eigenvalue weighted by Gasteiger charge is -2.11. The second-order valence-electron chi connectivity index (χ2n) is 5.16. The Balaban J connectivity index is 2.02. The molecular formula is C14H19NO3S. The minimum atomic E-state index is -3.27. The zero-order valence-electron chi connectivity index (χ0n) is 11.1. The van der Waals surface area contributed by atoms with Crippen LogP contribution in [-0.2, 0) is 9.84 Å². The lowest BCUT2D eigenvalue weighted by atomic mass is 10.1. The van der Waals surface area contributed by atoms with E-state index in [-0.39, 0.29) is 10.8 Å². The van der Waals surface area contributed by atoms with Gasteiger partial charge in [0, 0.05) is 18.4 Å². The van der Waals surface area contributed by atoms with Gasteiger partial charge in [0.15, 0.2) is 9.84 Å². The minimum Gasteiger partial charge on any atom is -0.352 e. The van der Waals surface area contributed by atoms with Gasteiger partial charge in [-0.1, -0.05) is 18.9 Å². The summed E-state index contributed by atoms with van der Waals surface area (Å²) < 4.78 is 22.9. The monoisotopic (exact) mass is 281 g/mol. The number of nitrogens with one attached hydrogen (secondary N) is 1. The molecule has 0 bridgehead atoms. The summed E-state index contributed by atoms with van der Waals surface area (Å²) in [6.45, 7) is 0.682. The Morgan fingerprint density at radius 2 is 2.00 bits per heavy atom. The maximum atomic E-state index is 12.0. The highest BCUT2D eigenvalue weighted by molar-refractivity contribution is 7.90. The Morgan fingerprint density at radius 3 is 2.63 bits per heavy atom. The van der Waals surface area contributed by atoms with Crippen molar-refractivity contribution in [2.75, 3.05) is 12.8 Å². The van der Waals surface area contributed by atoms with Gasteiger partial charge < -0.3 is 5.32 Å². The topological polar surface area (TPSA) is 63.2 Å². The van der Waals surface area contributed by atoms with E-state index in [1.807, 2.05) is 0 Å². The van der Waals surface area contributed by atoms with Crippen molar-refractivity contribution in [2.24, 2.45) is 5.92 Å². The summed E-state index contributed by atoms with van der Waals surface area (Å²) in [7, 11) is -3.27. The molecule has 0 saturated heterocycles. The summed E-state index contributed by atoms with van der Waals surface area (Å²) in [5, 5.41) is 2.89. The average molecular weight is 281 g/mol. The molecule has 1 aromatic carbocycles. The zero-order valence-corrected chi connectivity index (χ0v) is 11.9. The first-order valence-corrected chi connectivity index (χ1v) is 8.44. The molecule has 0 aliphatic heterocycles. The number of rotatable bonds is 4. The van der Waals surface area contributed by atoms with E-state index in [0.29, 0.717) is 18.0 Å². The number of hydrogen-bond donors (Lipinski definition) is 1. The van der Waals surface area contributed by atoms with Crippen molar-refractivity contribution in [1.29, 1.82) is 0 Å². The van der Waals surface area contributed by atoms with E-state index >= 15 is 0 Å². The van der Waals surface area contributed by atoms with Crippen molar-refractivity contribution in [3.05, 3.63) is 29.8 Å². The lowest BCUT2D eigenvalue weighted by Crippen LogP contribution is -2.28. The second kappa shape index (κ2) is 5.74. The van der Waals surface area contributed by atoms with Gasteiger partial charge in [0.1, 0.15) is 0 Å². The second-order valence-corrected chi connectivity index (χ2v) is 7.18. The van der Waals surface area contributed by atoms with Crippen LogP contribution in [0.15, 0.2) is 29.2 Å². The number of hydrogen-bond acceptors (Lipinski definition) is 3. The molecule has 0 heterocycles. The molecule has 1 aliphatic carbocycles. The summed E-state index contributed by atoms with van der Waals surface area (Å²) >= 11 is 0. The molecule has 1 N–H and O–H groups in total. The van der Waals surface area contributed by atoms with E-state index in [1.165, 1.54) is 37.8 Å². The highest BCUT2D eigenvalue weighted by atomic mass is 32.2. The predicted molar refractivity (Wildman–Crippen MR) is 73.8 cm³/mol. The smallest absolute Gasteiger partial charge is 0.251 e. The van der Waals surface area contributed by atoms with Crippen LogP contribution in [0.1, 0.15) is 36.0 Å². The summed E-state index contributed by atoms with van der Waals surface area (Å²) in [6, 6.07) is 6.17. The fourth-order valence-electron chi connectivity index (χ4n) is 2.42. The van der Waals surface area contributed by atoms with Gasteiger partial charge >= 0.3 is 0 Å². The summed E-state index contributed by atoms with van der Waals surface area (Å²) in [5.41, 5.74) is 0.404. The number of amides is 1. The molecule has 4 nitrogen and oxygen atoms in total. The highest BCUT2D eigenvalue weighted by Gasteiger charge is 2.17.